The van der Waals surface area contributed by atoms with Gasteiger partial charge in [0.05, 0.1) is 0 Å². The average Bonchev–Trinajstić information content (AvgIpc) is 2.63. The lowest BCUT2D eigenvalue weighted by Gasteiger charge is -2.13. The molecule has 0 spiro atoms. The van der Waals surface area contributed by atoms with Crippen LogP contribution in [-0.4, -0.2) is 34.6 Å². The van der Waals surface area contributed by atoms with Crippen LogP contribution in [-0.2, 0) is 4.57 Å². The first-order valence-corrected chi connectivity index (χ1v) is 14.6. The van der Waals surface area contributed by atoms with E-state index in [-0.39, 0.29) is 0 Å². The number of hydrogen-bond acceptors (Lipinski definition) is 7. The predicted molar refractivity (Wildman–Crippen MR) is 115 cm³/mol. The molecule has 5 nitrogen and oxygen atoms in total. The van der Waals surface area contributed by atoms with Gasteiger partial charge in [-0.25, -0.2) is 20.1 Å². The number of hydrogen-bond donors (Lipinski definition) is 2. The molecule has 0 amide bonds. The van der Waals surface area contributed by atoms with Gasteiger partial charge < -0.3 is 0 Å². The van der Waals surface area contributed by atoms with E-state index in [1.165, 1.54) is 0 Å². The van der Waals surface area contributed by atoms with E-state index in [1.54, 1.807) is 55.6 Å². The quantitative estimate of drug-likeness (QED) is 0.257. The fourth-order valence-corrected chi connectivity index (χ4v) is 6.81. The molecule has 136 valence electrons. The lowest BCUT2D eigenvalue weighted by Crippen LogP contribution is -2.22. The van der Waals surface area contributed by atoms with Gasteiger partial charge in [-0.15, -0.1) is 0 Å². The van der Waals surface area contributed by atoms with Crippen LogP contribution < -0.4 is 10.2 Å². The molecule has 25 heavy (non-hydrogen) atoms. The number of halogens is 1. The van der Waals surface area contributed by atoms with Crippen LogP contribution in [0.15, 0.2) is 58.8 Å². The topological polar surface area (TPSA) is 66.9 Å². The maximum absolute atomic E-state index is 12.2. The van der Waals surface area contributed by atoms with Crippen LogP contribution in [0, 0.1) is 0 Å². The summed E-state index contributed by atoms with van der Waals surface area (Å²) >= 11 is 6.00. The van der Waals surface area contributed by atoms with E-state index in [0.717, 1.165) is 21.6 Å². The summed E-state index contributed by atoms with van der Waals surface area (Å²) in [6.07, 6.45) is 3.53. The molecule has 0 aliphatic rings. The van der Waals surface area contributed by atoms with Crippen molar-refractivity contribution >= 4 is 61.2 Å². The molecule has 2 aromatic rings. The highest BCUT2D eigenvalue weighted by Gasteiger charge is 2.15. The average molecular weight is 453 g/mol. The molecule has 0 bridgehead atoms. The summed E-state index contributed by atoms with van der Waals surface area (Å²) in [5, 5.41) is 7.68. The second kappa shape index (κ2) is 12.5. The van der Waals surface area contributed by atoms with Crippen LogP contribution in [0.5, 0.6) is 0 Å². The van der Waals surface area contributed by atoms with Gasteiger partial charge in [0.15, 0.2) is 0 Å². The van der Waals surface area contributed by atoms with Crippen molar-refractivity contribution < 1.29 is 4.57 Å². The third kappa shape index (κ3) is 10.2. The van der Waals surface area contributed by atoms with Gasteiger partial charge in [-0.2, -0.15) is 0 Å². The number of aromatic nitrogens is 2. The first-order valence-electron chi connectivity index (χ1n) is 7.37. The summed E-state index contributed by atoms with van der Waals surface area (Å²) < 4.78 is 12.2. The van der Waals surface area contributed by atoms with E-state index in [2.05, 4.69) is 20.1 Å². The Morgan fingerprint density at radius 2 is 1.36 bits per heavy atom. The molecule has 11 heteroatoms. The molecule has 2 N–H and O–H groups in total. The molecule has 0 fully saturated rings. The molecule has 2 aromatic heterocycles. The minimum absolute atomic E-state index is 0.564. The van der Waals surface area contributed by atoms with Gasteiger partial charge in [-0.3, -0.25) is 4.57 Å². The predicted octanol–water partition coefficient (Wildman–Crippen LogP) is 5.18. The Balaban J connectivity index is 1.50. The van der Waals surface area contributed by atoms with Gasteiger partial charge in [0, 0.05) is 37.0 Å². The number of nitrogens with one attached hydrogen (secondary N) is 2. The monoisotopic (exact) mass is 452 g/mol. The van der Waals surface area contributed by atoms with Gasteiger partial charge in [-0.05, 0) is 57.1 Å². The summed E-state index contributed by atoms with van der Waals surface area (Å²) in [5.74, 6) is 1.56. The highest BCUT2D eigenvalue weighted by Crippen LogP contribution is 2.42. The van der Waals surface area contributed by atoms with Crippen LogP contribution >= 0.6 is 61.2 Å². The van der Waals surface area contributed by atoms with Gasteiger partial charge in [0.1, 0.15) is 10.1 Å². The zero-order valence-corrected chi connectivity index (χ0v) is 18.1. The van der Waals surface area contributed by atoms with Crippen LogP contribution in [0.2, 0.25) is 0 Å². The maximum atomic E-state index is 12.2. The van der Waals surface area contributed by atoms with Crippen molar-refractivity contribution in [2.45, 2.75) is 10.1 Å². The summed E-state index contributed by atoms with van der Waals surface area (Å²) in [5.41, 5.74) is 0. The highest BCUT2D eigenvalue weighted by molar-refractivity contribution is 8.77. The largest absolute Gasteiger partial charge is 0.299 e. The normalized spacial score (nSPS) is 11.6. The summed E-state index contributed by atoms with van der Waals surface area (Å²) in [6, 6.07) is 11.6. The Hall–Kier alpha value is 0.140. The van der Waals surface area contributed by atoms with Crippen molar-refractivity contribution in [1.29, 1.82) is 0 Å². The molecule has 0 saturated heterocycles. The van der Waals surface area contributed by atoms with Crippen molar-refractivity contribution in [3.8, 4) is 0 Å². The number of pyridine rings is 2. The van der Waals surface area contributed by atoms with E-state index < -0.39 is 6.80 Å². The Morgan fingerprint density at radius 3 is 1.76 bits per heavy atom. The summed E-state index contributed by atoms with van der Waals surface area (Å²) in [6.45, 7) is -1.89. The van der Waals surface area contributed by atoms with Crippen molar-refractivity contribution in [1.82, 2.24) is 20.1 Å². The maximum Gasteiger partial charge on any atom is 0.299 e. The second-order valence-corrected chi connectivity index (χ2v) is 12.5. The van der Waals surface area contributed by atoms with Gasteiger partial charge >= 0.3 is 0 Å². The Kier molecular flexibility index (Phi) is 10.7. The minimum atomic E-state index is -3.02. The van der Waals surface area contributed by atoms with Gasteiger partial charge in [0.25, 0.3) is 6.80 Å². The molecule has 0 aliphatic heterocycles. The van der Waals surface area contributed by atoms with E-state index >= 15 is 0 Å². The zero-order valence-electron chi connectivity index (χ0n) is 13.2. The SMILES string of the molecule is O=P(Cl)(NCCSSc1ccccn1)NCCSSc1ccccn1. The van der Waals surface area contributed by atoms with Gasteiger partial charge in [0.2, 0.25) is 0 Å². The molecule has 2 heterocycles. The van der Waals surface area contributed by atoms with E-state index in [4.69, 9.17) is 11.2 Å². The lowest BCUT2D eigenvalue weighted by molar-refractivity contribution is 0.568. The molecule has 0 unspecified atom stereocenters. The number of rotatable bonds is 12. The standard InChI is InChI=1S/C14H18ClN4OPS4/c15-21(20,18-9-11-22-24-13-5-1-3-7-16-13)19-10-12-23-25-14-6-2-4-8-17-14/h1-8H,9-12H2,(H2,18,19,20). The Morgan fingerprint density at radius 1 is 0.880 bits per heavy atom. The smallest absolute Gasteiger partial charge is 0.271 e. The Bertz CT molecular complexity index is 602. The number of nitrogens with zero attached hydrogens (tertiary/aromatic N) is 2. The van der Waals surface area contributed by atoms with Crippen LogP contribution in [0.25, 0.3) is 0 Å². The van der Waals surface area contributed by atoms with Crippen molar-refractivity contribution in [3.63, 3.8) is 0 Å². The fourth-order valence-electron chi connectivity index (χ4n) is 1.51. The van der Waals surface area contributed by atoms with Gasteiger partial charge in [-0.1, -0.05) is 33.7 Å². The second-order valence-electron chi connectivity index (χ2n) is 4.50. The van der Waals surface area contributed by atoms with Crippen molar-refractivity contribution in [3.05, 3.63) is 48.8 Å². The molecular weight excluding hydrogens is 435 g/mol. The zero-order chi connectivity index (χ0) is 17.8. The molecule has 0 aromatic carbocycles. The summed E-state index contributed by atoms with van der Waals surface area (Å²) in [7, 11) is 6.48. The van der Waals surface area contributed by atoms with E-state index in [9.17, 15) is 4.57 Å². The molecule has 0 saturated carbocycles. The lowest BCUT2D eigenvalue weighted by atomic mass is 10.5. The molecule has 0 radical (unpaired) electrons. The summed E-state index contributed by atoms with van der Waals surface area (Å²) in [4.78, 5) is 8.45. The first kappa shape index (κ1) is 21.4. The van der Waals surface area contributed by atoms with E-state index in [0.29, 0.717) is 13.1 Å². The van der Waals surface area contributed by atoms with Crippen LogP contribution in [0.3, 0.4) is 0 Å². The van der Waals surface area contributed by atoms with Crippen LogP contribution in [0.4, 0.5) is 0 Å². The third-order valence-corrected chi connectivity index (χ3v) is 9.08. The molecule has 0 atom stereocenters. The fraction of sp³-hybridized carbons (Fsp3) is 0.286. The third-order valence-electron chi connectivity index (χ3n) is 2.57. The van der Waals surface area contributed by atoms with Crippen LogP contribution in [0.1, 0.15) is 0 Å². The Labute approximate surface area is 168 Å². The minimum Gasteiger partial charge on any atom is -0.271 e. The molecular formula is C14H18ClN4OPS4. The molecule has 2 rings (SSSR count). The first-order chi connectivity index (χ1) is 12.2. The molecule has 0 aliphatic carbocycles. The van der Waals surface area contributed by atoms with Crippen molar-refractivity contribution in [2.24, 2.45) is 0 Å². The highest BCUT2D eigenvalue weighted by atomic mass is 35.7. The van der Waals surface area contributed by atoms with Crippen molar-refractivity contribution in [2.75, 3.05) is 24.6 Å². The van der Waals surface area contributed by atoms with E-state index in [1.807, 2.05) is 36.4 Å².